The highest BCUT2D eigenvalue weighted by molar-refractivity contribution is 5.69. The van der Waals surface area contributed by atoms with Crippen LogP contribution in [0.15, 0.2) is 35.4 Å². The highest BCUT2D eigenvalue weighted by Gasteiger charge is 2.04. The van der Waals surface area contributed by atoms with E-state index < -0.39 is 0 Å². The molecule has 0 unspecified atom stereocenters. The third-order valence-electron chi connectivity index (χ3n) is 1.42. The molecule has 0 saturated heterocycles. The van der Waals surface area contributed by atoms with Crippen molar-refractivity contribution >= 4 is 5.57 Å². The van der Waals surface area contributed by atoms with Gasteiger partial charge in [0.05, 0.1) is 0 Å². The molecule has 0 aliphatic rings. The minimum absolute atomic E-state index is 0.524. The lowest BCUT2D eigenvalue weighted by atomic mass is 10.2. The summed E-state index contributed by atoms with van der Waals surface area (Å²) in [5.74, 6) is 1.16. The van der Waals surface area contributed by atoms with Crippen molar-refractivity contribution in [3.63, 3.8) is 0 Å². The number of aryl methyl sites for hydroxylation is 1. The Bertz CT molecular complexity index is 348. The van der Waals surface area contributed by atoms with Crippen LogP contribution in [0.5, 0.6) is 0 Å². The monoisotopic (exact) mass is 176 g/mol. The van der Waals surface area contributed by atoms with E-state index >= 15 is 0 Å². The maximum Gasteiger partial charge on any atom is 0.257 e. The minimum atomic E-state index is 0.524. The van der Waals surface area contributed by atoms with E-state index in [0.29, 0.717) is 11.7 Å². The summed E-state index contributed by atoms with van der Waals surface area (Å²) in [6, 6.07) is 0. The summed E-state index contributed by atoms with van der Waals surface area (Å²) >= 11 is 0. The van der Waals surface area contributed by atoms with Crippen molar-refractivity contribution in [2.75, 3.05) is 0 Å². The maximum atomic E-state index is 5.00. The van der Waals surface area contributed by atoms with Crippen molar-refractivity contribution in [1.29, 1.82) is 0 Å². The van der Waals surface area contributed by atoms with E-state index in [1.165, 1.54) is 0 Å². The summed E-state index contributed by atoms with van der Waals surface area (Å²) in [7, 11) is 0. The SMILES string of the molecule is C=C/C=C(\C=C/C)c1nc(C)no1. The lowest BCUT2D eigenvalue weighted by molar-refractivity contribution is 0.403. The second-order valence-corrected chi connectivity index (χ2v) is 2.50. The van der Waals surface area contributed by atoms with E-state index in [1.54, 1.807) is 13.0 Å². The van der Waals surface area contributed by atoms with E-state index in [0.717, 1.165) is 5.57 Å². The number of hydrogen-bond donors (Lipinski definition) is 0. The van der Waals surface area contributed by atoms with Crippen LogP contribution in [0.4, 0.5) is 0 Å². The van der Waals surface area contributed by atoms with Crippen LogP contribution < -0.4 is 0 Å². The van der Waals surface area contributed by atoms with Gasteiger partial charge in [0.25, 0.3) is 5.89 Å². The summed E-state index contributed by atoms with van der Waals surface area (Å²) in [5, 5.41) is 3.71. The van der Waals surface area contributed by atoms with Gasteiger partial charge >= 0.3 is 0 Å². The van der Waals surface area contributed by atoms with Crippen LogP contribution in [0, 0.1) is 6.92 Å². The number of aromatic nitrogens is 2. The molecule has 0 bridgehead atoms. The predicted octanol–water partition coefficient (Wildman–Crippen LogP) is 2.52. The molecule has 0 aromatic carbocycles. The van der Waals surface area contributed by atoms with Gasteiger partial charge in [0, 0.05) is 5.57 Å². The molecule has 3 heteroatoms. The number of hydrogen-bond acceptors (Lipinski definition) is 3. The standard InChI is InChI=1S/C10H12N2O/c1-4-6-9(7-5-2)10-11-8(3)12-13-10/h4-7H,1H2,2-3H3/b7-5-,9-6+. The van der Waals surface area contributed by atoms with Gasteiger partial charge in [0.1, 0.15) is 0 Å². The fourth-order valence-corrected chi connectivity index (χ4v) is 0.919. The topological polar surface area (TPSA) is 38.9 Å². The molecular weight excluding hydrogens is 164 g/mol. The molecule has 68 valence electrons. The van der Waals surface area contributed by atoms with Crippen molar-refractivity contribution in [1.82, 2.24) is 10.1 Å². The van der Waals surface area contributed by atoms with Gasteiger partial charge in [-0.05, 0) is 13.8 Å². The first-order chi connectivity index (χ1) is 6.27. The molecule has 0 spiro atoms. The molecule has 0 amide bonds. The van der Waals surface area contributed by atoms with Crippen molar-refractivity contribution in [2.24, 2.45) is 0 Å². The first-order valence-corrected chi connectivity index (χ1v) is 4.04. The Hall–Kier alpha value is -1.64. The van der Waals surface area contributed by atoms with Crippen LogP contribution >= 0.6 is 0 Å². The van der Waals surface area contributed by atoms with E-state index in [9.17, 15) is 0 Å². The molecule has 3 nitrogen and oxygen atoms in total. The highest BCUT2D eigenvalue weighted by Crippen LogP contribution is 2.13. The Kier molecular flexibility index (Phi) is 3.20. The minimum Gasteiger partial charge on any atom is -0.334 e. The molecule has 0 N–H and O–H groups in total. The molecule has 1 aromatic rings. The van der Waals surface area contributed by atoms with Gasteiger partial charge in [0.15, 0.2) is 5.82 Å². The fraction of sp³-hybridized carbons (Fsp3) is 0.200. The van der Waals surface area contributed by atoms with Gasteiger partial charge in [-0.25, -0.2) is 0 Å². The third-order valence-corrected chi connectivity index (χ3v) is 1.42. The van der Waals surface area contributed by atoms with Gasteiger partial charge in [0.2, 0.25) is 0 Å². The van der Waals surface area contributed by atoms with Crippen LogP contribution in [-0.2, 0) is 0 Å². The summed E-state index contributed by atoms with van der Waals surface area (Å²) in [6.07, 6.45) is 7.32. The van der Waals surface area contributed by atoms with E-state index in [-0.39, 0.29) is 0 Å². The van der Waals surface area contributed by atoms with Crippen LogP contribution in [0.1, 0.15) is 18.6 Å². The molecule has 0 atom stereocenters. The average Bonchev–Trinajstić information content (AvgIpc) is 2.51. The quantitative estimate of drug-likeness (QED) is 0.664. The zero-order valence-electron chi connectivity index (χ0n) is 7.82. The predicted molar refractivity (Wildman–Crippen MR) is 52.0 cm³/mol. The maximum absolute atomic E-state index is 5.00. The van der Waals surface area contributed by atoms with Crippen LogP contribution in [0.25, 0.3) is 5.57 Å². The van der Waals surface area contributed by atoms with Gasteiger partial charge in [-0.3, -0.25) is 0 Å². The number of rotatable bonds is 3. The largest absolute Gasteiger partial charge is 0.334 e. The molecule has 1 rings (SSSR count). The molecule has 0 aliphatic heterocycles. The molecule has 13 heavy (non-hydrogen) atoms. The lowest BCUT2D eigenvalue weighted by Crippen LogP contribution is -1.80. The Balaban J connectivity index is 3.01. The summed E-state index contributed by atoms with van der Waals surface area (Å²) < 4.78 is 5.00. The second-order valence-electron chi connectivity index (χ2n) is 2.50. The van der Waals surface area contributed by atoms with Gasteiger partial charge < -0.3 is 4.52 Å². The summed E-state index contributed by atoms with van der Waals surface area (Å²) in [5.41, 5.74) is 0.873. The summed E-state index contributed by atoms with van der Waals surface area (Å²) in [4.78, 5) is 4.10. The molecule has 0 saturated carbocycles. The van der Waals surface area contributed by atoms with E-state index in [1.807, 2.05) is 25.2 Å². The smallest absolute Gasteiger partial charge is 0.257 e. The first-order valence-electron chi connectivity index (χ1n) is 4.04. The Morgan fingerprint density at radius 2 is 2.31 bits per heavy atom. The fourth-order valence-electron chi connectivity index (χ4n) is 0.919. The Labute approximate surface area is 77.5 Å². The second kappa shape index (κ2) is 4.40. The Morgan fingerprint density at radius 1 is 1.54 bits per heavy atom. The number of allylic oxidation sites excluding steroid dienone is 5. The van der Waals surface area contributed by atoms with Crippen LogP contribution in [-0.4, -0.2) is 10.1 Å². The van der Waals surface area contributed by atoms with E-state index in [4.69, 9.17) is 4.52 Å². The van der Waals surface area contributed by atoms with Gasteiger partial charge in [-0.1, -0.05) is 36.0 Å². The molecule has 0 radical (unpaired) electrons. The first kappa shape index (κ1) is 9.45. The third kappa shape index (κ3) is 2.40. The normalized spacial score (nSPS) is 12.3. The summed E-state index contributed by atoms with van der Waals surface area (Å²) in [6.45, 7) is 7.33. The lowest BCUT2D eigenvalue weighted by Gasteiger charge is -1.90. The Morgan fingerprint density at radius 3 is 2.77 bits per heavy atom. The van der Waals surface area contributed by atoms with Gasteiger partial charge in [-0.2, -0.15) is 4.98 Å². The van der Waals surface area contributed by atoms with Crippen molar-refractivity contribution in [3.05, 3.63) is 42.6 Å². The van der Waals surface area contributed by atoms with Crippen LogP contribution in [0.3, 0.4) is 0 Å². The average molecular weight is 176 g/mol. The molecule has 0 aliphatic carbocycles. The zero-order valence-corrected chi connectivity index (χ0v) is 7.82. The molecule has 1 aromatic heterocycles. The van der Waals surface area contributed by atoms with E-state index in [2.05, 4.69) is 16.7 Å². The van der Waals surface area contributed by atoms with Crippen molar-refractivity contribution < 1.29 is 4.52 Å². The number of nitrogens with zero attached hydrogens (tertiary/aromatic N) is 2. The zero-order chi connectivity index (χ0) is 9.68. The molecule has 0 fully saturated rings. The molecular formula is C10H12N2O. The van der Waals surface area contributed by atoms with Crippen molar-refractivity contribution in [2.45, 2.75) is 13.8 Å². The van der Waals surface area contributed by atoms with Crippen molar-refractivity contribution in [3.8, 4) is 0 Å². The van der Waals surface area contributed by atoms with Gasteiger partial charge in [-0.15, -0.1) is 0 Å². The highest BCUT2D eigenvalue weighted by atomic mass is 16.5. The molecule has 1 heterocycles. The van der Waals surface area contributed by atoms with Crippen LogP contribution in [0.2, 0.25) is 0 Å².